The number of hydrogen-bond acceptors (Lipinski definition) is 3. The van der Waals surface area contributed by atoms with Crippen LogP contribution in [-0.4, -0.2) is 24.4 Å². The highest BCUT2D eigenvalue weighted by Gasteiger charge is 2.45. The van der Waals surface area contributed by atoms with Gasteiger partial charge in [-0.3, -0.25) is 0 Å². The summed E-state index contributed by atoms with van der Waals surface area (Å²) in [6, 6.07) is 2.34. The monoisotopic (exact) mass is 195 g/mol. The Morgan fingerprint density at radius 1 is 1.36 bits per heavy atom. The highest BCUT2D eigenvalue weighted by molar-refractivity contribution is 5.07. The standard InChI is InChI=1S/C11H17NO2/c12-8-11(4-6-14-7-5-11)10(13)9-2-1-3-9/h9-10,13H,1-7H2. The molecular weight excluding hydrogens is 178 g/mol. The Labute approximate surface area is 84.7 Å². The van der Waals surface area contributed by atoms with Crippen LogP contribution in [0.1, 0.15) is 32.1 Å². The highest BCUT2D eigenvalue weighted by atomic mass is 16.5. The van der Waals surface area contributed by atoms with Crippen molar-refractivity contribution in [1.29, 1.82) is 5.26 Å². The van der Waals surface area contributed by atoms with E-state index in [2.05, 4.69) is 6.07 Å². The Morgan fingerprint density at radius 2 is 2.00 bits per heavy atom. The molecule has 1 saturated carbocycles. The maximum absolute atomic E-state index is 10.2. The number of aliphatic hydroxyl groups excluding tert-OH is 1. The Morgan fingerprint density at radius 3 is 2.43 bits per heavy atom. The normalized spacial score (nSPS) is 28.9. The van der Waals surface area contributed by atoms with Crippen LogP contribution in [0.4, 0.5) is 0 Å². The summed E-state index contributed by atoms with van der Waals surface area (Å²) in [5, 5.41) is 19.4. The van der Waals surface area contributed by atoms with Gasteiger partial charge in [-0.2, -0.15) is 5.26 Å². The van der Waals surface area contributed by atoms with Crippen LogP contribution in [0.2, 0.25) is 0 Å². The lowest BCUT2D eigenvalue weighted by atomic mass is 9.66. The van der Waals surface area contributed by atoms with Gasteiger partial charge in [0.15, 0.2) is 0 Å². The van der Waals surface area contributed by atoms with Gasteiger partial charge >= 0.3 is 0 Å². The summed E-state index contributed by atoms with van der Waals surface area (Å²) < 4.78 is 5.25. The zero-order chi connectivity index (χ0) is 10.0. The van der Waals surface area contributed by atoms with Crippen LogP contribution in [-0.2, 0) is 4.74 Å². The zero-order valence-electron chi connectivity index (χ0n) is 8.41. The lowest BCUT2D eigenvalue weighted by Crippen LogP contribution is -2.45. The molecule has 2 fully saturated rings. The van der Waals surface area contributed by atoms with Gasteiger partial charge in [0.25, 0.3) is 0 Å². The van der Waals surface area contributed by atoms with E-state index in [4.69, 9.17) is 4.74 Å². The van der Waals surface area contributed by atoms with E-state index in [1.54, 1.807) is 0 Å². The van der Waals surface area contributed by atoms with Gasteiger partial charge in [0.1, 0.15) is 0 Å². The van der Waals surface area contributed by atoms with E-state index >= 15 is 0 Å². The van der Waals surface area contributed by atoms with Crippen molar-refractivity contribution >= 4 is 0 Å². The third kappa shape index (κ3) is 1.53. The minimum atomic E-state index is -0.511. The minimum absolute atomic E-state index is 0.368. The van der Waals surface area contributed by atoms with Crippen LogP contribution < -0.4 is 0 Å². The molecule has 2 rings (SSSR count). The van der Waals surface area contributed by atoms with E-state index in [0.29, 0.717) is 32.0 Å². The van der Waals surface area contributed by atoms with Crippen LogP contribution in [0, 0.1) is 22.7 Å². The summed E-state index contributed by atoms with van der Waals surface area (Å²) in [4.78, 5) is 0. The van der Waals surface area contributed by atoms with Gasteiger partial charge in [-0.25, -0.2) is 0 Å². The fourth-order valence-electron chi connectivity index (χ4n) is 2.42. The van der Waals surface area contributed by atoms with Crippen LogP contribution in [0.5, 0.6) is 0 Å². The topological polar surface area (TPSA) is 53.2 Å². The molecule has 3 heteroatoms. The SMILES string of the molecule is N#CC1(C(O)C2CCC2)CCOCC1. The molecule has 78 valence electrons. The van der Waals surface area contributed by atoms with Crippen LogP contribution in [0.25, 0.3) is 0 Å². The lowest BCUT2D eigenvalue weighted by molar-refractivity contribution is -0.0701. The van der Waals surface area contributed by atoms with Crippen molar-refractivity contribution in [3.63, 3.8) is 0 Å². The molecule has 1 aliphatic heterocycles. The van der Waals surface area contributed by atoms with Gasteiger partial charge in [0.05, 0.1) is 17.6 Å². The second-order valence-electron chi connectivity index (χ2n) is 4.52. The first-order chi connectivity index (χ1) is 6.78. The molecule has 2 aliphatic rings. The first kappa shape index (κ1) is 9.95. The zero-order valence-corrected chi connectivity index (χ0v) is 8.41. The fraction of sp³-hybridized carbons (Fsp3) is 0.909. The summed E-state index contributed by atoms with van der Waals surface area (Å²) in [5.41, 5.74) is -0.511. The number of hydrogen-bond donors (Lipinski definition) is 1. The Kier molecular flexibility index (Phi) is 2.76. The lowest BCUT2D eigenvalue weighted by Gasteiger charge is -2.42. The first-order valence-electron chi connectivity index (χ1n) is 5.45. The number of nitrogens with zero attached hydrogens (tertiary/aromatic N) is 1. The molecule has 0 amide bonds. The van der Waals surface area contributed by atoms with E-state index in [9.17, 15) is 10.4 Å². The fourth-order valence-corrected chi connectivity index (χ4v) is 2.42. The Bertz CT molecular complexity index is 236. The largest absolute Gasteiger partial charge is 0.391 e. The average Bonchev–Trinajstić information content (AvgIpc) is 2.16. The summed E-state index contributed by atoms with van der Waals surface area (Å²) in [7, 11) is 0. The summed E-state index contributed by atoms with van der Waals surface area (Å²) in [6.07, 6.45) is 4.35. The van der Waals surface area contributed by atoms with Gasteiger partial charge in [-0.1, -0.05) is 6.42 Å². The van der Waals surface area contributed by atoms with Gasteiger partial charge in [0.2, 0.25) is 0 Å². The van der Waals surface area contributed by atoms with Crippen LogP contribution >= 0.6 is 0 Å². The number of aliphatic hydroxyl groups is 1. The van der Waals surface area contributed by atoms with Crippen molar-refractivity contribution in [3.05, 3.63) is 0 Å². The second-order valence-corrected chi connectivity index (χ2v) is 4.52. The molecule has 0 aromatic heterocycles. The van der Waals surface area contributed by atoms with Crippen molar-refractivity contribution in [2.45, 2.75) is 38.2 Å². The summed E-state index contributed by atoms with van der Waals surface area (Å²) in [6.45, 7) is 1.24. The van der Waals surface area contributed by atoms with E-state index in [1.807, 2.05) is 0 Å². The van der Waals surface area contributed by atoms with Crippen molar-refractivity contribution in [2.24, 2.45) is 11.3 Å². The molecule has 1 unspecified atom stereocenters. The third-order valence-corrected chi connectivity index (χ3v) is 3.77. The molecule has 0 radical (unpaired) electrons. The molecule has 0 aromatic rings. The number of rotatable bonds is 2. The van der Waals surface area contributed by atoms with Gasteiger partial charge < -0.3 is 9.84 Å². The summed E-state index contributed by atoms with van der Waals surface area (Å²) >= 11 is 0. The molecular formula is C11H17NO2. The van der Waals surface area contributed by atoms with Crippen LogP contribution in [0.3, 0.4) is 0 Å². The smallest absolute Gasteiger partial charge is 0.0878 e. The number of nitriles is 1. The summed E-state index contributed by atoms with van der Waals surface area (Å²) in [5.74, 6) is 0.368. The van der Waals surface area contributed by atoms with Crippen molar-refractivity contribution in [1.82, 2.24) is 0 Å². The second kappa shape index (κ2) is 3.88. The van der Waals surface area contributed by atoms with Gasteiger partial charge in [0, 0.05) is 13.2 Å². The molecule has 3 nitrogen and oxygen atoms in total. The molecule has 0 spiro atoms. The van der Waals surface area contributed by atoms with Gasteiger partial charge in [-0.15, -0.1) is 0 Å². The number of ether oxygens (including phenoxy) is 1. The maximum Gasteiger partial charge on any atom is 0.0878 e. The van der Waals surface area contributed by atoms with Gasteiger partial charge in [-0.05, 0) is 31.6 Å². The van der Waals surface area contributed by atoms with Crippen molar-refractivity contribution in [2.75, 3.05) is 13.2 Å². The quantitative estimate of drug-likeness (QED) is 0.726. The highest BCUT2D eigenvalue weighted by Crippen LogP contribution is 2.42. The predicted octanol–water partition coefficient (Wildman–Crippen LogP) is 1.47. The predicted molar refractivity (Wildman–Crippen MR) is 51.4 cm³/mol. The van der Waals surface area contributed by atoms with Crippen molar-refractivity contribution in [3.8, 4) is 6.07 Å². The molecule has 1 aliphatic carbocycles. The Balaban J connectivity index is 2.06. The molecule has 0 aromatic carbocycles. The molecule has 1 N–H and O–H groups in total. The van der Waals surface area contributed by atoms with E-state index in [-0.39, 0.29) is 0 Å². The molecule has 14 heavy (non-hydrogen) atoms. The van der Waals surface area contributed by atoms with Crippen LogP contribution in [0.15, 0.2) is 0 Å². The Hall–Kier alpha value is -0.590. The third-order valence-electron chi connectivity index (χ3n) is 3.77. The first-order valence-corrected chi connectivity index (χ1v) is 5.45. The van der Waals surface area contributed by atoms with Crippen molar-refractivity contribution < 1.29 is 9.84 Å². The molecule has 0 bridgehead atoms. The molecule has 1 heterocycles. The maximum atomic E-state index is 10.2. The average molecular weight is 195 g/mol. The minimum Gasteiger partial charge on any atom is -0.391 e. The molecule has 1 saturated heterocycles. The van der Waals surface area contributed by atoms with E-state index in [1.165, 1.54) is 6.42 Å². The molecule has 1 atom stereocenters. The van der Waals surface area contributed by atoms with E-state index in [0.717, 1.165) is 12.8 Å². The van der Waals surface area contributed by atoms with E-state index < -0.39 is 11.5 Å².